The van der Waals surface area contributed by atoms with Gasteiger partial charge in [-0.15, -0.1) is 0 Å². The molecule has 4 saturated carbocycles. The number of rotatable bonds is 3. The maximum atomic E-state index is 13.3. The Hall–Kier alpha value is -1.84. The molecule has 0 unspecified atom stereocenters. The summed E-state index contributed by atoms with van der Waals surface area (Å²) in [4.78, 5) is 27.7. The fraction of sp³-hybridized carbons (Fsp3) is 0.652. The lowest BCUT2D eigenvalue weighted by molar-refractivity contribution is -0.146. The van der Waals surface area contributed by atoms with E-state index in [1.165, 1.54) is 30.4 Å². The molecule has 0 spiro atoms. The molecule has 1 aliphatic heterocycles. The number of amides is 2. The first-order valence-electron chi connectivity index (χ1n) is 10.6. The van der Waals surface area contributed by atoms with Gasteiger partial charge in [0, 0.05) is 24.1 Å². The number of hydrogen-bond donors (Lipinski definition) is 1. The molecule has 27 heavy (non-hydrogen) atoms. The van der Waals surface area contributed by atoms with Crippen LogP contribution in [0.1, 0.15) is 56.1 Å². The second-order valence-electron chi connectivity index (χ2n) is 9.85. The third-order valence-corrected chi connectivity index (χ3v) is 7.78. The molecule has 4 bridgehead atoms. The van der Waals surface area contributed by atoms with Gasteiger partial charge in [0.15, 0.2) is 0 Å². The minimum atomic E-state index is -0.133. The second kappa shape index (κ2) is 6.08. The SMILES string of the molecule is Cc1ccc(N2C[C@@H](NC(=O)C34CC5CC(CC(C5)C3)C4)CC2=O)cc1C. The second-order valence-corrected chi connectivity index (χ2v) is 9.85. The fourth-order valence-corrected chi connectivity index (χ4v) is 6.67. The number of carbonyl (C=O) groups excluding carboxylic acids is 2. The number of carbonyl (C=O) groups is 2. The Morgan fingerprint density at radius 1 is 1.04 bits per heavy atom. The summed E-state index contributed by atoms with van der Waals surface area (Å²) in [5.74, 6) is 2.65. The van der Waals surface area contributed by atoms with E-state index in [0.29, 0.717) is 13.0 Å². The number of benzene rings is 1. The molecule has 5 aliphatic rings. The van der Waals surface area contributed by atoms with Crippen LogP contribution in [0.2, 0.25) is 0 Å². The average molecular weight is 367 g/mol. The van der Waals surface area contributed by atoms with Crippen LogP contribution in [0, 0.1) is 37.0 Å². The molecule has 1 N–H and O–H groups in total. The lowest BCUT2D eigenvalue weighted by atomic mass is 9.49. The Labute approximate surface area is 161 Å². The van der Waals surface area contributed by atoms with E-state index in [-0.39, 0.29) is 23.3 Å². The number of hydrogen-bond acceptors (Lipinski definition) is 2. The summed E-state index contributed by atoms with van der Waals surface area (Å²) in [5, 5.41) is 3.29. The highest BCUT2D eigenvalue weighted by atomic mass is 16.2. The molecule has 6 rings (SSSR count). The molecule has 1 aromatic rings. The third-order valence-electron chi connectivity index (χ3n) is 7.78. The molecule has 0 radical (unpaired) electrons. The largest absolute Gasteiger partial charge is 0.351 e. The molecular weight excluding hydrogens is 336 g/mol. The van der Waals surface area contributed by atoms with Gasteiger partial charge in [0.2, 0.25) is 11.8 Å². The van der Waals surface area contributed by atoms with Crippen molar-refractivity contribution in [1.29, 1.82) is 0 Å². The summed E-state index contributed by atoms with van der Waals surface area (Å²) >= 11 is 0. The van der Waals surface area contributed by atoms with Crippen molar-refractivity contribution < 1.29 is 9.59 Å². The van der Waals surface area contributed by atoms with Crippen molar-refractivity contribution in [2.75, 3.05) is 11.4 Å². The van der Waals surface area contributed by atoms with Gasteiger partial charge in [-0.25, -0.2) is 0 Å². The number of nitrogens with zero attached hydrogens (tertiary/aromatic N) is 1. The summed E-state index contributed by atoms with van der Waals surface area (Å²) < 4.78 is 0. The molecular formula is C23H30N2O2. The van der Waals surface area contributed by atoms with E-state index in [4.69, 9.17) is 0 Å². The fourth-order valence-electron chi connectivity index (χ4n) is 6.67. The monoisotopic (exact) mass is 366 g/mol. The van der Waals surface area contributed by atoms with Crippen LogP contribution >= 0.6 is 0 Å². The molecule has 0 aromatic heterocycles. The van der Waals surface area contributed by atoms with Crippen molar-refractivity contribution in [2.24, 2.45) is 23.2 Å². The predicted octanol–water partition coefficient (Wildman–Crippen LogP) is 3.74. The highest BCUT2D eigenvalue weighted by molar-refractivity contribution is 5.97. The summed E-state index contributed by atoms with van der Waals surface area (Å²) in [7, 11) is 0. The molecule has 1 atom stereocenters. The van der Waals surface area contributed by atoms with Crippen molar-refractivity contribution in [3.05, 3.63) is 29.3 Å². The van der Waals surface area contributed by atoms with Gasteiger partial charge in [-0.3, -0.25) is 9.59 Å². The summed E-state index contributed by atoms with van der Waals surface area (Å²) in [6.07, 6.45) is 7.68. The number of nitrogens with one attached hydrogen (secondary N) is 1. The molecule has 4 aliphatic carbocycles. The van der Waals surface area contributed by atoms with Crippen molar-refractivity contribution in [3.8, 4) is 0 Å². The highest BCUT2D eigenvalue weighted by Gasteiger charge is 2.55. The lowest BCUT2D eigenvalue weighted by Gasteiger charge is -2.55. The van der Waals surface area contributed by atoms with Crippen molar-refractivity contribution in [1.82, 2.24) is 5.32 Å². The van der Waals surface area contributed by atoms with Gasteiger partial charge in [-0.2, -0.15) is 0 Å². The molecule has 5 fully saturated rings. The maximum absolute atomic E-state index is 13.3. The van der Waals surface area contributed by atoms with Crippen LogP contribution in [0.25, 0.3) is 0 Å². The number of aryl methyl sites for hydroxylation is 2. The van der Waals surface area contributed by atoms with Crippen LogP contribution in [-0.2, 0) is 9.59 Å². The molecule has 1 aromatic carbocycles. The zero-order valence-corrected chi connectivity index (χ0v) is 16.5. The maximum Gasteiger partial charge on any atom is 0.229 e. The van der Waals surface area contributed by atoms with Gasteiger partial charge in [-0.1, -0.05) is 6.07 Å². The van der Waals surface area contributed by atoms with E-state index in [1.807, 2.05) is 11.0 Å². The Morgan fingerprint density at radius 2 is 1.67 bits per heavy atom. The summed E-state index contributed by atoms with van der Waals surface area (Å²) in [6, 6.07) is 6.11. The van der Waals surface area contributed by atoms with Gasteiger partial charge in [0.25, 0.3) is 0 Å². The van der Waals surface area contributed by atoms with E-state index < -0.39 is 0 Å². The summed E-state index contributed by atoms with van der Waals surface area (Å²) in [5.41, 5.74) is 3.25. The summed E-state index contributed by atoms with van der Waals surface area (Å²) in [6.45, 7) is 4.75. The smallest absolute Gasteiger partial charge is 0.229 e. The van der Waals surface area contributed by atoms with Crippen LogP contribution in [0.5, 0.6) is 0 Å². The first kappa shape index (κ1) is 17.3. The molecule has 4 nitrogen and oxygen atoms in total. The van der Waals surface area contributed by atoms with E-state index in [0.717, 1.165) is 42.7 Å². The molecule has 2 amide bonds. The Balaban J connectivity index is 1.28. The van der Waals surface area contributed by atoms with E-state index in [9.17, 15) is 9.59 Å². The van der Waals surface area contributed by atoms with Gasteiger partial charge >= 0.3 is 0 Å². The van der Waals surface area contributed by atoms with Gasteiger partial charge < -0.3 is 10.2 Å². The van der Waals surface area contributed by atoms with E-state index in [2.05, 4.69) is 31.3 Å². The highest BCUT2D eigenvalue weighted by Crippen LogP contribution is 2.60. The quantitative estimate of drug-likeness (QED) is 0.886. The molecule has 1 saturated heterocycles. The van der Waals surface area contributed by atoms with Crippen molar-refractivity contribution in [3.63, 3.8) is 0 Å². The average Bonchev–Trinajstić information content (AvgIpc) is 2.96. The van der Waals surface area contributed by atoms with Crippen LogP contribution in [-0.4, -0.2) is 24.4 Å². The first-order valence-corrected chi connectivity index (χ1v) is 10.6. The van der Waals surface area contributed by atoms with E-state index in [1.54, 1.807) is 0 Å². The number of anilines is 1. The standard InChI is InChI=1S/C23H30N2O2/c1-14-3-4-20(5-15(14)2)25-13-19(9-21(25)26)24-22(27)23-10-16-6-17(11-23)8-18(7-16)12-23/h3-5,16-19H,6-13H2,1-2H3,(H,24,27)/t16?,17?,18?,19-,23?/m0/s1. The zero-order chi connectivity index (χ0) is 18.8. The van der Waals surface area contributed by atoms with E-state index >= 15 is 0 Å². The molecule has 4 heteroatoms. The Morgan fingerprint density at radius 3 is 2.26 bits per heavy atom. The minimum Gasteiger partial charge on any atom is -0.351 e. The molecule has 144 valence electrons. The van der Waals surface area contributed by atoms with Crippen LogP contribution < -0.4 is 10.2 Å². The van der Waals surface area contributed by atoms with Crippen LogP contribution in [0.3, 0.4) is 0 Å². The zero-order valence-electron chi connectivity index (χ0n) is 16.5. The Kier molecular flexibility index (Phi) is 3.89. The molecule has 1 heterocycles. The topological polar surface area (TPSA) is 49.4 Å². The lowest BCUT2D eigenvalue weighted by Crippen LogP contribution is -2.55. The minimum absolute atomic E-state index is 0.0559. The van der Waals surface area contributed by atoms with Gasteiger partial charge in [0.1, 0.15) is 0 Å². The third kappa shape index (κ3) is 2.88. The van der Waals surface area contributed by atoms with Crippen molar-refractivity contribution >= 4 is 17.5 Å². The van der Waals surface area contributed by atoms with Crippen LogP contribution in [0.15, 0.2) is 18.2 Å². The van der Waals surface area contributed by atoms with Crippen molar-refractivity contribution in [2.45, 2.75) is 64.8 Å². The van der Waals surface area contributed by atoms with Gasteiger partial charge in [-0.05, 0) is 93.4 Å². The normalized spacial score (nSPS) is 37.1. The Bertz CT molecular complexity index is 764. The van der Waals surface area contributed by atoms with Gasteiger partial charge in [0.05, 0.1) is 6.04 Å². The predicted molar refractivity (Wildman–Crippen MR) is 105 cm³/mol. The van der Waals surface area contributed by atoms with Crippen LogP contribution in [0.4, 0.5) is 5.69 Å². The first-order chi connectivity index (χ1) is 12.9.